The van der Waals surface area contributed by atoms with E-state index >= 15 is 0 Å². The molecule has 51 heavy (non-hydrogen) atoms. The van der Waals surface area contributed by atoms with E-state index in [1.165, 1.54) is 19.8 Å². The number of amides is 2. The fourth-order valence-corrected chi connectivity index (χ4v) is 4.44. The van der Waals surface area contributed by atoms with Crippen LogP contribution in [0.2, 0.25) is 0 Å². The number of unbranched alkanes of at least 4 members (excludes halogenated alkanes) is 4. The zero-order chi connectivity index (χ0) is 38.6. The molecule has 0 saturated heterocycles. The summed E-state index contributed by atoms with van der Waals surface area (Å²) in [7, 11) is -1.00. The average Bonchev–Trinajstić information content (AvgIpc) is 3.06. The number of rotatable bonds is 12. The van der Waals surface area contributed by atoms with Crippen molar-refractivity contribution in [2.24, 2.45) is 0 Å². The number of allylic oxidation sites excluding steroid dienone is 2. The Balaban J connectivity index is -0.000000134. The molecular formula is C33H45Br4FK2N6O5. The van der Waals surface area contributed by atoms with Crippen LogP contribution in [0.1, 0.15) is 55.2 Å². The molecule has 3 aromatic rings. The molecule has 3 aromatic heterocycles. The van der Waals surface area contributed by atoms with E-state index in [9.17, 15) is 14.0 Å². The summed E-state index contributed by atoms with van der Waals surface area (Å²) in [5.41, 5.74) is 5.32. The van der Waals surface area contributed by atoms with Gasteiger partial charge in [-0.05, 0) is 123 Å². The van der Waals surface area contributed by atoms with E-state index in [0.29, 0.717) is 28.6 Å². The Hall–Kier alpha value is 0.223. The summed E-state index contributed by atoms with van der Waals surface area (Å²) in [5.74, 6) is 1.71. The molecule has 11 nitrogen and oxygen atoms in total. The van der Waals surface area contributed by atoms with Gasteiger partial charge in [-0.3, -0.25) is 23.7 Å². The van der Waals surface area contributed by atoms with Gasteiger partial charge in [0.2, 0.25) is 11.8 Å². The number of alkyl halides is 2. The van der Waals surface area contributed by atoms with Crippen molar-refractivity contribution in [3.8, 4) is 0 Å². The fraction of sp³-hybridized carbons (Fsp3) is 0.333. The Morgan fingerprint density at radius 2 is 1.41 bits per heavy atom. The maximum Gasteiger partial charge on any atom is 1.00 e. The van der Waals surface area contributed by atoms with Crippen molar-refractivity contribution in [3.63, 3.8) is 0 Å². The number of anilines is 3. The number of nitrogens with zero attached hydrogens (tertiary/aromatic N) is 4. The molecule has 0 aromatic carbocycles. The van der Waals surface area contributed by atoms with Crippen molar-refractivity contribution in [1.82, 2.24) is 15.0 Å². The number of nitrogen functional groups attached to an aromatic ring is 1. The Bertz CT molecular complexity index is 1350. The summed E-state index contributed by atoms with van der Waals surface area (Å²) in [6.45, 7) is 10.8. The molecule has 0 atom stereocenters. The number of hydrogen-bond acceptors (Lipinski definition) is 9. The first kappa shape index (κ1) is 57.9. The third-order valence-corrected chi connectivity index (χ3v) is 6.87. The maximum absolute atomic E-state index is 11.6. The van der Waals surface area contributed by atoms with Crippen LogP contribution in [0.15, 0.2) is 93.7 Å². The third-order valence-electron chi connectivity index (χ3n) is 4.98. The average molecular weight is 1020 g/mol. The van der Waals surface area contributed by atoms with Crippen LogP contribution >= 0.6 is 63.7 Å². The largest absolute Gasteiger partial charge is 1.00 e. The van der Waals surface area contributed by atoms with Crippen molar-refractivity contribution in [2.45, 2.75) is 52.4 Å². The van der Waals surface area contributed by atoms with E-state index in [1.807, 2.05) is 48.6 Å². The molecule has 0 bridgehead atoms. The number of hydrogen-bond donors (Lipinski definition) is 2. The van der Waals surface area contributed by atoms with Gasteiger partial charge in [0, 0.05) is 25.7 Å². The van der Waals surface area contributed by atoms with Crippen LogP contribution in [0.5, 0.6) is 0 Å². The van der Waals surface area contributed by atoms with Crippen molar-refractivity contribution in [2.75, 3.05) is 35.0 Å². The first-order chi connectivity index (χ1) is 23.9. The number of halogens is 5. The molecule has 3 rings (SSSR count). The molecule has 3 heterocycles. The Labute approximate surface area is 423 Å². The molecule has 0 aliphatic carbocycles. The predicted octanol–water partition coefficient (Wildman–Crippen LogP) is 2.66. The van der Waals surface area contributed by atoms with Gasteiger partial charge in [-0.25, -0.2) is 15.0 Å². The minimum absolute atomic E-state index is 0. The molecule has 0 aliphatic rings. The second-order valence-corrected chi connectivity index (χ2v) is 12.1. The van der Waals surface area contributed by atoms with Crippen molar-refractivity contribution in [3.05, 3.63) is 93.7 Å². The number of nitrogens with one attached hydrogen (secondary N) is 1. The van der Waals surface area contributed by atoms with Crippen LogP contribution < -0.4 is 124 Å². The number of pyridine rings is 3. The Morgan fingerprint density at radius 3 is 1.78 bits per heavy atom. The zero-order valence-electron chi connectivity index (χ0n) is 31.5. The molecule has 2 amide bonds. The van der Waals surface area contributed by atoms with Gasteiger partial charge in [0.1, 0.15) is 31.3 Å². The second-order valence-electron chi connectivity index (χ2n) is 8.85. The first-order valence-electron chi connectivity index (χ1n) is 15.1. The van der Waals surface area contributed by atoms with E-state index in [4.69, 9.17) is 17.2 Å². The normalized spacial score (nSPS) is 8.75. The van der Waals surface area contributed by atoms with Crippen LogP contribution in [-0.2, 0) is 19.3 Å². The molecule has 18 heteroatoms. The molecule has 0 radical (unpaired) electrons. The van der Waals surface area contributed by atoms with Crippen molar-refractivity contribution < 1.29 is 134 Å². The summed E-state index contributed by atoms with van der Waals surface area (Å²) in [6.07, 6.45) is 10.5. The van der Waals surface area contributed by atoms with Crippen LogP contribution in [0, 0.1) is 0 Å². The fourth-order valence-electron chi connectivity index (χ4n) is 3.01. The molecular weight excluding hydrogens is 977 g/mol. The summed E-state index contributed by atoms with van der Waals surface area (Å²) >= 11 is 13.0. The third kappa shape index (κ3) is 41.2. The number of aromatic nitrogens is 3. The summed E-state index contributed by atoms with van der Waals surface area (Å²) in [5, 5.41) is 12.1. The van der Waals surface area contributed by atoms with Crippen LogP contribution in [0.3, 0.4) is 0 Å². The molecule has 274 valence electrons. The smallest absolute Gasteiger partial charge is 1.00 e. The number of carbonyl (C=O) groups is 3. The molecule has 0 unspecified atom stereocenters. The summed E-state index contributed by atoms with van der Waals surface area (Å²) < 4.78 is 17.7. The second kappa shape index (κ2) is 44.6. The maximum atomic E-state index is 11.6. The van der Waals surface area contributed by atoms with Crippen molar-refractivity contribution >= 4 is 99.5 Å². The Kier molecular flexibility index (Phi) is 50.7. The van der Waals surface area contributed by atoms with Gasteiger partial charge < -0.3 is 22.6 Å². The topological polar surface area (TPSA) is 163 Å². The SMILES string of the molecule is C=CCCCCBr.C=CCCCCN(C(C)=O)c1cccc(Br)n1.CC(=O)Nc1cccc(Br)n1.Nc1cccc(Br)n1.O=CO[O-].[2H]CF.[H-].[K+].[K+]. The predicted molar refractivity (Wildman–Crippen MR) is 210 cm³/mol. The summed E-state index contributed by atoms with van der Waals surface area (Å²) in [4.78, 5) is 47.2. The van der Waals surface area contributed by atoms with E-state index in [0.717, 1.165) is 40.2 Å². The van der Waals surface area contributed by atoms with Gasteiger partial charge >= 0.3 is 103 Å². The van der Waals surface area contributed by atoms with Crippen LogP contribution in [0.25, 0.3) is 0 Å². The first-order valence-corrected chi connectivity index (χ1v) is 17.9. The van der Waals surface area contributed by atoms with Gasteiger partial charge in [-0.15, -0.1) is 13.2 Å². The Morgan fingerprint density at radius 1 is 0.941 bits per heavy atom. The number of nitrogens with two attached hydrogens (primary N) is 1. The quantitative estimate of drug-likeness (QED) is 0.0406. The minimum atomic E-state index is -1.00. The standard InChI is InChI=1S/C13H17BrN2O.C7H7BrN2O.C6H11Br.C5H5BrN2.CH3F.CH2O3.2K.H/c1-3-4-5-6-10-16(11(2)17)13-9-7-8-12(14)15-13;1-5(11)9-7-4-2-3-6(8)10-7;1-2-3-4-5-6-7;6-4-2-1-3-5(7)8-4;1-2;2-1-4-3;;;/h3,7-9H,1,4-6,10H2,2H3;2-4H,1H3,(H,9,10,11);2H,1,3-6H2;1-3H,(H2,7,8);1H3;1,3H;;;/q;;;;;;2*+1;-1/p-1/i;;;;1D;;;;. The van der Waals surface area contributed by atoms with Gasteiger partial charge in [0.15, 0.2) is 0 Å². The van der Waals surface area contributed by atoms with Gasteiger partial charge in [0.25, 0.3) is 6.47 Å². The van der Waals surface area contributed by atoms with Crippen molar-refractivity contribution in [1.29, 1.82) is 0 Å². The monoisotopic (exact) mass is 1020 g/mol. The van der Waals surface area contributed by atoms with Crippen LogP contribution in [0.4, 0.5) is 21.8 Å². The van der Waals surface area contributed by atoms with E-state index in [-0.39, 0.29) is 122 Å². The van der Waals surface area contributed by atoms with Gasteiger partial charge in [-0.2, -0.15) is 0 Å². The molecule has 0 spiro atoms. The zero-order valence-corrected chi connectivity index (χ0v) is 42.1. The van der Waals surface area contributed by atoms with E-state index in [2.05, 4.69) is 102 Å². The molecule has 3 N–H and O–H groups in total. The van der Waals surface area contributed by atoms with Gasteiger partial charge in [-0.1, -0.05) is 46.3 Å². The van der Waals surface area contributed by atoms with Gasteiger partial charge in [0.05, 0.1) is 8.52 Å². The number of carbonyl (C=O) groups excluding carboxylic acids is 3. The molecule has 0 saturated carbocycles. The molecule has 0 aliphatic heterocycles. The van der Waals surface area contributed by atoms with E-state index < -0.39 is 7.15 Å². The minimum Gasteiger partial charge on any atom is -1.00 e. The van der Waals surface area contributed by atoms with E-state index in [1.54, 1.807) is 30.0 Å². The molecule has 0 fully saturated rings. The van der Waals surface area contributed by atoms with Crippen LogP contribution in [-0.4, -0.2) is 52.3 Å². The summed E-state index contributed by atoms with van der Waals surface area (Å²) in [6, 6.07) is 16.3.